The number of aromatic carboxylic acids is 1. The van der Waals surface area contributed by atoms with Gasteiger partial charge in [0.25, 0.3) is 0 Å². The summed E-state index contributed by atoms with van der Waals surface area (Å²) in [5, 5.41) is 19.2. The number of anilines is 1. The predicted octanol–water partition coefficient (Wildman–Crippen LogP) is 7.85. The Balaban J connectivity index is 1.80. The summed E-state index contributed by atoms with van der Waals surface area (Å²) in [6, 6.07) is 17.0. The normalized spacial score (nSPS) is 15.6. The fraction of sp³-hybridized carbons (Fsp3) is 0.353. The number of carbonyl (C=O) groups is 2. The van der Waals surface area contributed by atoms with Gasteiger partial charge in [0.2, 0.25) is 0 Å². The smallest absolute Gasteiger partial charge is 0.339 e. The second-order valence-electron chi connectivity index (χ2n) is 11.7. The van der Waals surface area contributed by atoms with Crippen molar-refractivity contribution in [2.24, 2.45) is 0 Å². The van der Waals surface area contributed by atoms with Crippen LogP contribution in [0.5, 0.6) is 5.75 Å². The van der Waals surface area contributed by atoms with Crippen molar-refractivity contribution in [3.8, 4) is 16.9 Å². The summed E-state index contributed by atoms with van der Waals surface area (Å²) in [5.41, 5.74) is 6.80. The largest absolute Gasteiger partial charge is 0.507 e. The van der Waals surface area contributed by atoms with Crippen LogP contribution in [-0.4, -0.2) is 35.1 Å². The molecule has 0 aromatic heterocycles. The predicted molar refractivity (Wildman–Crippen MR) is 159 cm³/mol. The minimum Gasteiger partial charge on any atom is -0.507 e. The van der Waals surface area contributed by atoms with Crippen LogP contribution < -0.4 is 4.90 Å². The van der Waals surface area contributed by atoms with Crippen molar-refractivity contribution >= 4 is 23.5 Å². The molecule has 39 heavy (non-hydrogen) atoms. The number of phenols is 1. The molecule has 0 spiro atoms. The van der Waals surface area contributed by atoms with Gasteiger partial charge in [-0.3, -0.25) is 4.79 Å². The van der Waals surface area contributed by atoms with Crippen LogP contribution in [0.25, 0.3) is 17.2 Å². The molecule has 0 fully saturated rings. The van der Waals surface area contributed by atoms with Gasteiger partial charge in [0.1, 0.15) is 11.3 Å². The Morgan fingerprint density at radius 2 is 1.54 bits per heavy atom. The Bertz CT molecular complexity index is 1430. The maximum absolute atomic E-state index is 13.5. The fourth-order valence-corrected chi connectivity index (χ4v) is 5.70. The molecule has 0 radical (unpaired) electrons. The highest BCUT2D eigenvalue weighted by Gasteiger charge is 2.39. The van der Waals surface area contributed by atoms with Crippen LogP contribution in [0.4, 0.5) is 5.69 Å². The Hall–Kier alpha value is -3.86. The molecule has 3 aromatic rings. The molecule has 1 aliphatic carbocycles. The lowest BCUT2D eigenvalue weighted by Gasteiger charge is -2.43. The summed E-state index contributed by atoms with van der Waals surface area (Å²) < 4.78 is 0. The van der Waals surface area contributed by atoms with Gasteiger partial charge < -0.3 is 15.1 Å². The molecule has 5 nitrogen and oxygen atoms in total. The van der Waals surface area contributed by atoms with Crippen molar-refractivity contribution in [2.45, 2.75) is 65.2 Å². The third-order valence-corrected chi connectivity index (χ3v) is 8.19. The topological polar surface area (TPSA) is 77.8 Å². The van der Waals surface area contributed by atoms with E-state index in [-0.39, 0.29) is 27.9 Å². The quantitative estimate of drug-likeness (QED) is 0.231. The zero-order valence-corrected chi connectivity index (χ0v) is 23.8. The number of hydrogen-bond donors (Lipinski definition) is 2. The van der Waals surface area contributed by atoms with Gasteiger partial charge in [0, 0.05) is 24.3 Å². The van der Waals surface area contributed by atoms with E-state index in [1.807, 2.05) is 6.07 Å². The lowest BCUT2D eigenvalue weighted by atomic mass is 9.61. The first-order chi connectivity index (χ1) is 18.4. The van der Waals surface area contributed by atoms with E-state index < -0.39 is 5.97 Å². The van der Waals surface area contributed by atoms with E-state index in [0.29, 0.717) is 11.1 Å². The number of aromatic hydroxyl groups is 1. The number of fused-ring (bicyclic) bond motifs is 1. The first-order valence-electron chi connectivity index (χ1n) is 13.7. The van der Waals surface area contributed by atoms with Crippen molar-refractivity contribution in [1.29, 1.82) is 0 Å². The van der Waals surface area contributed by atoms with E-state index >= 15 is 0 Å². The molecule has 1 aliphatic rings. The van der Waals surface area contributed by atoms with Gasteiger partial charge >= 0.3 is 5.97 Å². The Morgan fingerprint density at radius 3 is 2.13 bits per heavy atom. The van der Waals surface area contributed by atoms with Crippen LogP contribution in [0.2, 0.25) is 0 Å². The van der Waals surface area contributed by atoms with Crippen molar-refractivity contribution in [3.05, 3.63) is 88.5 Å². The van der Waals surface area contributed by atoms with Gasteiger partial charge in [0.05, 0.1) is 0 Å². The standard InChI is InChI=1S/C34H39NO4/c1-7-35(8-2)25-13-11-23(12-14-25)27-20-24(21-28-31(27)34(5,6)18-17-33(28,3)4)29(36)16-10-22-9-15-26(32(38)39)30(37)19-22/h9-16,19-21,37H,7-8,17-18H2,1-6H3,(H,38,39)/b16-10-. The minimum absolute atomic E-state index is 0.0292. The molecule has 204 valence electrons. The second kappa shape index (κ2) is 10.7. The monoisotopic (exact) mass is 525 g/mol. The SMILES string of the molecule is CCN(CC)c1ccc(-c2cc(C(=O)/C=C\c3ccc(C(=O)O)c(O)c3)cc3c2C(C)(C)CCC3(C)C)cc1. The molecule has 0 amide bonds. The van der Waals surface area contributed by atoms with E-state index in [0.717, 1.165) is 37.1 Å². The summed E-state index contributed by atoms with van der Waals surface area (Å²) in [6.45, 7) is 15.3. The number of allylic oxidation sites excluding steroid dienone is 1. The van der Waals surface area contributed by atoms with E-state index in [1.165, 1.54) is 35.0 Å². The number of nitrogens with zero attached hydrogens (tertiary/aromatic N) is 1. The molecule has 0 aliphatic heterocycles. The summed E-state index contributed by atoms with van der Waals surface area (Å²) in [6.07, 6.45) is 5.21. The zero-order chi connectivity index (χ0) is 28.5. The number of carboxylic acids is 1. The van der Waals surface area contributed by atoms with Gasteiger partial charge in [-0.05, 0) is 108 Å². The minimum atomic E-state index is -1.20. The first-order valence-corrected chi connectivity index (χ1v) is 13.7. The number of carbonyl (C=O) groups excluding carboxylic acids is 1. The van der Waals surface area contributed by atoms with Gasteiger partial charge in [-0.1, -0.05) is 52.0 Å². The summed E-state index contributed by atoms with van der Waals surface area (Å²) in [4.78, 5) is 27.0. The van der Waals surface area contributed by atoms with Crippen molar-refractivity contribution in [3.63, 3.8) is 0 Å². The Kier molecular flexibility index (Phi) is 7.74. The summed E-state index contributed by atoms with van der Waals surface area (Å²) >= 11 is 0. The number of rotatable bonds is 8. The molecule has 3 aromatic carbocycles. The lowest BCUT2D eigenvalue weighted by Crippen LogP contribution is -2.34. The third kappa shape index (κ3) is 5.63. The van der Waals surface area contributed by atoms with Crippen LogP contribution >= 0.6 is 0 Å². The van der Waals surface area contributed by atoms with Crippen LogP contribution in [0, 0.1) is 0 Å². The Labute approximate surface area is 231 Å². The fourth-order valence-electron chi connectivity index (χ4n) is 5.70. The van der Waals surface area contributed by atoms with Crippen molar-refractivity contribution in [1.82, 2.24) is 0 Å². The second-order valence-corrected chi connectivity index (χ2v) is 11.7. The summed E-state index contributed by atoms with van der Waals surface area (Å²) in [7, 11) is 0. The molecule has 4 rings (SSSR count). The van der Waals surface area contributed by atoms with Crippen LogP contribution in [0.15, 0.2) is 60.7 Å². The highest BCUT2D eigenvalue weighted by Crippen LogP contribution is 2.50. The van der Waals surface area contributed by atoms with Crippen LogP contribution in [-0.2, 0) is 10.8 Å². The number of ketones is 1. The third-order valence-electron chi connectivity index (χ3n) is 8.19. The molecule has 0 saturated carbocycles. The molecular weight excluding hydrogens is 486 g/mol. The van der Waals surface area contributed by atoms with Gasteiger partial charge in [-0.2, -0.15) is 0 Å². The molecule has 0 saturated heterocycles. The average Bonchev–Trinajstić information content (AvgIpc) is 2.90. The first kappa shape index (κ1) is 28.2. The van der Waals surface area contributed by atoms with Crippen molar-refractivity contribution in [2.75, 3.05) is 18.0 Å². The molecule has 5 heteroatoms. The maximum Gasteiger partial charge on any atom is 0.339 e. The van der Waals surface area contributed by atoms with Crippen LogP contribution in [0.1, 0.15) is 91.8 Å². The van der Waals surface area contributed by atoms with Gasteiger partial charge in [-0.25, -0.2) is 4.79 Å². The Morgan fingerprint density at radius 1 is 0.897 bits per heavy atom. The maximum atomic E-state index is 13.5. The van der Waals surface area contributed by atoms with E-state index in [4.69, 9.17) is 5.11 Å². The molecule has 0 atom stereocenters. The summed E-state index contributed by atoms with van der Waals surface area (Å²) in [5.74, 6) is -1.67. The number of carboxylic acid groups (broad SMARTS) is 1. The highest BCUT2D eigenvalue weighted by molar-refractivity contribution is 6.08. The van der Waals surface area contributed by atoms with E-state index in [2.05, 4.69) is 76.8 Å². The number of benzene rings is 3. The van der Waals surface area contributed by atoms with Crippen LogP contribution in [0.3, 0.4) is 0 Å². The zero-order valence-electron chi connectivity index (χ0n) is 23.8. The van der Waals surface area contributed by atoms with E-state index in [9.17, 15) is 14.7 Å². The lowest BCUT2D eigenvalue weighted by molar-refractivity contribution is 0.0693. The highest BCUT2D eigenvalue weighted by atomic mass is 16.4. The average molecular weight is 526 g/mol. The van der Waals surface area contributed by atoms with Gasteiger partial charge in [0.15, 0.2) is 5.78 Å². The number of hydrogen-bond acceptors (Lipinski definition) is 4. The molecule has 2 N–H and O–H groups in total. The molecule has 0 heterocycles. The molecular formula is C34H39NO4. The molecule has 0 bridgehead atoms. The van der Waals surface area contributed by atoms with Crippen molar-refractivity contribution < 1.29 is 19.8 Å². The van der Waals surface area contributed by atoms with Gasteiger partial charge in [-0.15, -0.1) is 0 Å². The molecule has 0 unspecified atom stereocenters. The van der Waals surface area contributed by atoms with E-state index in [1.54, 1.807) is 12.1 Å².